The molecule has 10 heteroatoms. The van der Waals surface area contributed by atoms with Crippen LogP contribution in [0.15, 0.2) is 42.5 Å². The Bertz CT molecular complexity index is 1060. The number of benzene rings is 2. The lowest BCUT2D eigenvalue weighted by atomic mass is 10.0. The van der Waals surface area contributed by atoms with E-state index in [1.807, 2.05) is 30.3 Å². The molecule has 3 aromatic rings. The van der Waals surface area contributed by atoms with Gasteiger partial charge in [0.25, 0.3) is 0 Å². The largest absolute Gasteiger partial charge is 1.00 e. The normalized spacial score (nSPS) is 17.2. The molecule has 1 saturated heterocycles. The van der Waals surface area contributed by atoms with Crippen molar-refractivity contribution in [3.8, 4) is 11.5 Å². The summed E-state index contributed by atoms with van der Waals surface area (Å²) < 4.78 is 27.5. The van der Waals surface area contributed by atoms with E-state index >= 15 is 0 Å². The van der Waals surface area contributed by atoms with Gasteiger partial charge in [-0.2, -0.15) is 0 Å². The summed E-state index contributed by atoms with van der Waals surface area (Å²) in [6.45, 7) is 7.38. The molecule has 0 N–H and O–H groups in total. The highest BCUT2D eigenvalue weighted by molar-refractivity contribution is 5.44. The lowest BCUT2D eigenvalue weighted by Crippen LogP contribution is -3.00. The average Bonchev–Trinajstić information content (AvgIpc) is 3.45. The van der Waals surface area contributed by atoms with Crippen molar-refractivity contribution < 1.29 is 26.3 Å². The first-order chi connectivity index (χ1) is 15.2. The van der Waals surface area contributed by atoms with Crippen molar-refractivity contribution >= 4 is 0 Å². The van der Waals surface area contributed by atoms with Crippen LogP contribution >= 0.6 is 0 Å². The summed E-state index contributed by atoms with van der Waals surface area (Å²) in [5.41, 5.74) is 1.58. The zero-order valence-electron chi connectivity index (χ0n) is 17.8. The van der Waals surface area contributed by atoms with Gasteiger partial charge >= 0.3 is 0 Å². The number of rotatable bonds is 6. The number of ether oxygens (including phenoxy) is 2. The predicted molar refractivity (Wildman–Crippen MR) is 111 cm³/mol. The second kappa shape index (κ2) is 9.81. The van der Waals surface area contributed by atoms with Crippen molar-refractivity contribution in [1.82, 2.24) is 30.0 Å². The van der Waals surface area contributed by atoms with Crippen LogP contribution in [-0.4, -0.2) is 69.5 Å². The molecule has 2 aromatic carbocycles. The summed E-state index contributed by atoms with van der Waals surface area (Å²) in [4.78, 5) is 4.66. The van der Waals surface area contributed by atoms with Crippen LogP contribution in [0, 0.1) is 5.82 Å². The molecule has 2 aliphatic rings. The number of aromatic nitrogens is 4. The van der Waals surface area contributed by atoms with Crippen molar-refractivity contribution in [2.75, 3.05) is 39.5 Å². The highest BCUT2D eigenvalue weighted by Crippen LogP contribution is 2.34. The molecule has 0 spiro atoms. The Hall–Kier alpha value is -2.75. The summed E-state index contributed by atoms with van der Waals surface area (Å²) in [5.74, 6) is 1.84. The second-order valence-electron chi connectivity index (χ2n) is 7.78. The van der Waals surface area contributed by atoms with Crippen molar-refractivity contribution in [3.05, 3.63) is 65.2 Å². The third-order valence-corrected chi connectivity index (χ3v) is 5.99. The highest BCUT2D eigenvalue weighted by atomic mass is 35.5. The van der Waals surface area contributed by atoms with Crippen LogP contribution in [0.3, 0.4) is 0 Å². The van der Waals surface area contributed by atoms with Crippen molar-refractivity contribution in [2.24, 2.45) is 0 Å². The predicted octanol–water partition coefficient (Wildman–Crippen LogP) is -0.680. The summed E-state index contributed by atoms with van der Waals surface area (Å²) in [6.07, 6.45) is 0. The molecule has 1 unspecified atom stereocenters. The number of hydrogen-bond acceptors (Lipinski definition) is 7. The van der Waals surface area contributed by atoms with Crippen LogP contribution in [-0.2, 0) is 6.54 Å². The number of tetrazole rings is 1. The van der Waals surface area contributed by atoms with Crippen LogP contribution in [0.2, 0.25) is 0 Å². The zero-order valence-corrected chi connectivity index (χ0v) is 18.6. The number of nitrogens with zero attached hydrogens (tertiary/aromatic N) is 6. The summed E-state index contributed by atoms with van der Waals surface area (Å²) >= 11 is 0. The maximum atomic E-state index is 14.9. The maximum absolute atomic E-state index is 14.9. The quantitative estimate of drug-likeness (QED) is 0.484. The van der Waals surface area contributed by atoms with Gasteiger partial charge in [-0.25, -0.2) is 9.07 Å². The van der Waals surface area contributed by atoms with Gasteiger partial charge in [-0.15, -0.1) is 5.10 Å². The number of piperazine rings is 1. The van der Waals surface area contributed by atoms with Gasteiger partial charge in [0, 0.05) is 31.7 Å². The molecule has 0 aliphatic carbocycles. The molecule has 1 atom stereocenters. The van der Waals surface area contributed by atoms with Gasteiger partial charge in [-0.3, -0.25) is 4.90 Å². The monoisotopic (exact) mass is 459 g/mol. The molecule has 1 aromatic heterocycles. The van der Waals surface area contributed by atoms with Crippen molar-refractivity contribution in [2.45, 2.75) is 19.5 Å². The molecular formula is C22H25ClFN6O2-. The van der Waals surface area contributed by atoms with Gasteiger partial charge in [0.1, 0.15) is 11.9 Å². The Morgan fingerprint density at radius 3 is 2.59 bits per heavy atom. The molecular weight excluding hydrogens is 435 g/mol. The summed E-state index contributed by atoms with van der Waals surface area (Å²) in [7, 11) is 0. The van der Waals surface area contributed by atoms with Crippen LogP contribution in [0.5, 0.6) is 11.5 Å². The van der Waals surface area contributed by atoms with E-state index in [-0.39, 0.29) is 31.1 Å². The topological polar surface area (TPSA) is 68.5 Å². The molecule has 2 aliphatic heterocycles. The van der Waals surface area contributed by atoms with E-state index in [0.717, 1.165) is 44.0 Å². The second-order valence-corrected chi connectivity index (χ2v) is 7.78. The first-order valence-electron chi connectivity index (χ1n) is 10.6. The molecule has 0 amide bonds. The van der Waals surface area contributed by atoms with Crippen LogP contribution in [0.1, 0.15) is 29.9 Å². The van der Waals surface area contributed by atoms with Gasteiger partial charge in [0.2, 0.25) is 6.79 Å². The molecule has 5 rings (SSSR count). The third-order valence-electron chi connectivity index (χ3n) is 5.99. The van der Waals surface area contributed by atoms with E-state index in [2.05, 4.69) is 32.2 Å². The summed E-state index contributed by atoms with van der Waals surface area (Å²) in [6, 6.07) is 12.3. The van der Waals surface area contributed by atoms with E-state index in [1.165, 1.54) is 6.07 Å². The van der Waals surface area contributed by atoms with Gasteiger partial charge in [0.15, 0.2) is 17.3 Å². The highest BCUT2D eigenvalue weighted by Gasteiger charge is 2.32. The fourth-order valence-corrected chi connectivity index (χ4v) is 4.27. The van der Waals surface area contributed by atoms with Crippen molar-refractivity contribution in [3.63, 3.8) is 0 Å². The van der Waals surface area contributed by atoms with E-state index in [1.54, 1.807) is 10.7 Å². The number of hydrogen-bond donors (Lipinski definition) is 0. The van der Waals surface area contributed by atoms with E-state index in [9.17, 15) is 4.39 Å². The minimum absolute atomic E-state index is 0. The lowest BCUT2D eigenvalue weighted by Gasteiger charge is -2.38. The van der Waals surface area contributed by atoms with Crippen molar-refractivity contribution in [1.29, 1.82) is 0 Å². The maximum Gasteiger partial charge on any atom is 0.231 e. The minimum Gasteiger partial charge on any atom is -1.00 e. The smallest absolute Gasteiger partial charge is 0.231 e. The molecule has 32 heavy (non-hydrogen) atoms. The first kappa shape index (κ1) is 22.4. The molecule has 1 fully saturated rings. The van der Waals surface area contributed by atoms with E-state index in [4.69, 9.17) is 9.47 Å². The molecule has 0 radical (unpaired) electrons. The van der Waals surface area contributed by atoms with Gasteiger partial charge < -0.3 is 26.8 Å². The Morgan fingerprint density at radius 1 is 1.03 bits per heavy atom. The molecule has 8 nitrogen and oxygen atoms in total. The van der Waals surface area contributed by atoms with Gasteiger partial charge in [-0.1, -0.05) is 31.2 Å². The Balaban J connectivity index is 0.00000245. The molecule has 3 heterocycles. The third kappa shape index (κ3) is 4.41. The lowest BCUT2D eigenvalue weighted by molar-refractivity contribution is -0.00000859. The minimum atomic E-state index is -0.357. The standard InChI is InChI=1S/C22H25FN6O2.ClH/c1-2-27-9-11-28(12-10-27)21(17-5-3-4-6-18(17)23)22-24-25-26-29(22)14-16-7-8-19-20(13-16)31-15-30-19;/h3-8,13,21H,2,9-12,14-15H2,1H3;1H/p-1. The van der Waals surface area contributed by atoms with Crippen LogP contribution in [0.25, 0.3) is 0 Å². The SMILES string of the molecule is CCN1CCN(C(c2ccccc2F)c2nnnn2Cc2ccc3c(c2)OCO3)CC1.[Cl-]. The van der Waals surface area contributed by atoms with E-state index < -0.39 is 0 Å². The van der Waals surface area contributed by atoms with Crippen LogP contribution in [0.4, 0.5) is 4.39 Å². The number of halogens is 2. The Labute approximate surface area is 192 Å². The van der Waals surface area contributed by atoms with Crippen LogP contribution < -0.4 is 21.9 Å². The summed E-state index contributed by atoms with van der Waals surface area (Å²) in [5, 5.41) is 12.5. The number of likely N-dealkylation sites (N-methyl/N-ethyl adjacent to an activating group) is 1. The zero-order chi connectivity index (χ0) is 21.2. The Kier molecular flexibility index (Phi) is 6.88. The average molecular weight is 460 g/mol. The molecule has 170 valence electrons. The molecule has 0 saturated carbocycles. The fraction of sp³-hybridized carbons (Fsp3) is 0.409. The van der Waals surface area contributed by atoms with Gasteiger partial charge in [-0.05, 0) is 40.7 Å². The first-order valence-corrected chi connectivity index (χ1v) is 10.6. The van der Waals surface area contributed by atoms with Gasteiger partial charge in [0.05, 0.1) is 6.54 Å². The van der Waals surface area contributed by atoms with E-state index in [0.29, 0.717) is 23.7 Å². The molecule has 0 bridgehead atoms. The fourth-order valence-electron chi connectivity index (χ4n) is 4.27. The number of fused-ring (bicyclic) bond motifs is 1. The Morgan fingerprint density at radius 2 is 1.81 bits per heavy atom.